The monoisotopic (exact) mass is 344 g/mol. The van der Waals surface area contributed by atoms with Crippen LogP contribution < -0.4 is 15.6 Å². The Labute approximate surface area is 146 Å². The second-order valence-electron chi connectivity index (χ2n) is 6.70. The Morgan fingerprint density at radius 2 is 2.33 bits per heavy atom. The lowest BCUT2D eigenvalue weighted by Crippen LogP contribution is -2.40. The van der Waals surface area contributed by atoms with Gasteiger partial charge in [0.05, 0.1) is 12.2 Å². The van der Waals surface area contributed by atoms with Crippen LogP contribution in [0.5, 0.6) is 0 Å². The number of hydrogen-bond acceptors (Lipinski definition) is 3. The Kier molecular flexibility index (Phi) is 4.29. The molecule has 0 amide bonds. The van der Waals surface area contributed by atoms with Gasteiger partial charge in [-0.25, -0.2) is 4.98 Å². The highest BCUT2D eigenvalue weighted by Gasteiger charge is 2.25. The summed E-state index contributed by atoms with van der Waals surface area (Å²) in [4.78, 5) is 11.3. The molecule has 6 heteroatoms. The van der Waals surface area contributed by atoms with Crippen molar-refractivity contribution in [2.75, 3.05) is 18.4 Å². The normalized spacial score (nSPS) is 23.1. The first-order chi connectivity index (χ1) is 11.7. The number of hydrogen-bond donors (Lipinski definition) is 3. The quantitative estimate of drug-likeness (QED) is 0.800. The topological polar surface area (TPSA) is 66.9 Å². The van der Waals surface area contributed by atoms with Gasteiger partial charge in [0.1, 0.15) is 5.02 Å². The summed E-state index contributed by atoms with van der Waals surface area (Å²) >= 11 is 6.45. The van der Waals surface area contributed by atoms with Crippen molar-refractivity contribution in [1.82, 2.24) is 15.3 Å². The number of anilines is 1. The maximum atomic E-state index is 6.45. The minimum absolute atomic E-state index is 0.401. The molecule has 0 radical (unpaired) electrons. The summed E-state index contributed by atoms with van der Waals surface area (Å²) in [5, 5.41) is 7.55. The molecule has 1 aliphatic heterocycles. The molecule has 0 saturated carbocycles. The van der Waals surface area contributed by atoms with E-state index in [1.165, 1.54) is 17.7 Å². The van der Waals surface area contributed by atoms with E-state index >= 15 is 0 Å². The fraction of sp³-hybridized carbons (Fsp3) is 0.444. The molecule has 2 aromatic heterocycles. The van der Waals surface area contributed by atoms with E-state index < -0.39 is 0 Å². The zero-order chi connectivity index (χ0) is 16.5. The number of H-pyrrole nitrogens is 2. The number of allylic oxidation sites excluding steroid dienone is 1. The van der Waals surface area contributed by atoms with Gasteiger partial charge in [-0.2, -0.15) is 0 Å². The van der Waals surface area contributed by atoms with Crippen molar-refractivity contribution in [3.8, 4) is 11.3 Å². The summed E-state index contributed by atoms with van der Waals surface area (Å²) in [6.45, 7) is 4.31. The summed E-state index contributed by atoms with van der Waals surface area (Å²) in [6.07, 6.45) is 11.6. The Morgan fingerprint density at radius 3 is 3.17 bits per heavy atom. The SMILES string of the molecule is CC1CC=Cc2[nH]cc(-c3nc(NC4CCCNC4)[nH+]cc3Cl)c21. The Hall–Kier alpha value is -1.85. The molecule has 0 spiro atoms. The van der Waals surface area contributed by atoms with Crippen molar-refractivity contribution in [2.45, 2.75) is 38.1 Å². The summed E-state index contributed by atoms with van der Waals surface area (Å²) in [7, 11) is 0. The van der Waals surface area contributed by atoms with Crippen LogP contribution in [0, 0.1) is 0 Å². The number of fused-ring (bicyclic) bond motifs is 1. The number of halogens is 1. The Bertz CT molecular complexity index is 761. The maximum Gasteiger partial charge on any atom is 0.390 e. The van der Waals surface area contributed by atoms with Gasteiger partial charge in [0.2, 0.25) is 0 Å². The molecular weight excluding hydrogens is 322 g/mol. The van der Waals surface area contributed by atoms with Crippen LogP contribution in [0.15, 0.2) is 18.5 Å². The zero-order valence-electron chi connectivity index (χ0n) is 13.8. The van der Waals surface area contributed by atoms with Gasteiger partial charge in [0.25, 0.3) is 0 Å². The van der Waals surface area contributed by atoms with E-state index in [4.69, 9.17) is 16.6 Å². The minimum Gasteiger partial charge on any atom is -0.361 e. The van der Waals surface area contributed by atoms with E-state index in [-0.39, 0.29) is 0 Å². The third-order valence-corrected chi connectivity index (χ3v) is 5.19. The molecule has 2 aliphatic rings. The molecule has 3 heterocycles. The molecule has 1 fully saturated rings. The fourth-order valence-corrected chi connectivity index (χ4v) is 3.85. The van der Waals surface area contributed by atoms with Crippen LogP contribution in [0.1, 0.15) is 43.4 Å². The van der Waals surface area contributed by atoms with E-state index in [1.54, 1.807) is 0 Å². The predicted molar refractivity (Wildman–Crippen MR) is 97.2 cm³/mol. The van der Waals surface area contributed by atoms with Crippen molar-refractivity contribution in [2.24, 2.45) is 0 Å². The highest BCUT2D eigenvalue weighted by Crippen LogP contribution is 2.38. The Morgan fingerprint density at radius 1 is 1.42 bits per heavy atom. The van der Waals surface area contributed by atoms with Gasteiger partial charge in [-0.3, -0.25) is 5.32 Å². The van der Waals surface area contributed by atoms with E-state index in [2.05, 4.69) is 39.7 Å². The first-order valence-corrected chi connectivity index (χ1v) is 9.04. The lowest BCUT2D eigenvalue weighted by Gasteiger charge is -2.20. The molecule has 4 rings (SSSR count). The van der Waals surface area contributed by atoms with E-state index in [0.717, 1.165) is 43.1 Å². The van der Waals surface area contributed by atoms with Crippen LogP contribution >= 0.6 is 11.6 Å². The smallest absolute Gasteiger partial charge is 0.361 e. The Balaban J connectivity index is 1.67. The highest BCUT2D eigenvalue weighted by atomic mass is 35.5. The van der Waals surface area contributed by atoms with Crippen LogP contribution in [0.4, 0.5) is 5.95 Å². The standard InChI is InChI=1S/C18H22ClN5/c1-11-4-2-6-15-16(11)13(9-21-15)17-14(19)10-22-18(24-17)23-12-5-3-7-20-8-12/h2,6,9-12,20-21H,3-5,7-8H2,1H3,(H,22,23,24)/p+1. The molecule has 0 bridgehead atoms. The summed E-state index contributed by atoms with van der Waals surface area (Å²) in [5.41, 5.74) is 4.41. The van der Waals surface area contributed by atoms with Gasteiger partial charge in [-0.15, -0.1) is 0 Å². The average molecular weight is 345 g/mol. The lowest BCUT2D eigenvalue weighted by atomic mass is 9.89. The van der Waals surface area contributed by atoms with Gasteiger partial charge in [-0.05, 0) is 43.4 Å². The number of nitrogens with zero attached hydrogens (tertiary/aromatic N) is 1. The highest BCUT2D eigenvalue weighted by molar-refractivity contribution is 6.32. The summed E-state index contributed by atoms with van der Waals surface area (Å²) in [6, 6.07) is 0.401. The first-order valence-electron chi connectivity index (χ1n) is 8.66. The molecule has 1 saturated heterocycles. The van der Waals surface area contributed by atoms with Crippen LogP contribution in [0.25, 0.3) is 17.3 Å². The number of aromatic amines is 2. The van der Waals surface area contributed by atoms with Crippen LogP contribution in [-0.2, 0) is 0 Å². The average Bonchev–Trinajstić information content (AvgIpc) is 3.03. The molecule has 4 N–H and O–H groups in total. The molecule has 126 valence electrons. The fourth-order valence-electron chi connectivity index (χ4n) is 3.65. The molecular formula is C18H23ClN5+. The molecule has 2 unspecified atom stereocenters. The number of aromatic nitrogens is 3. The molecule has 1 aliphatic carbocycles. The van der Waals surface area contributed by atoms with Crippen molar-refractivity contribution >= 4 is 23.6 Å². The molecule has 0 aromatic carbocycles. The van der Waals surface area contributed by atoms with Gasteiger partial charge in [0.15, 0.2) is 5.69 Å². The van der Waals surface area contributed by atoms with Gasteiger partial charge >= 0.3 is 5.95 Å². The van der Waals surface area contributed by atoms with Gasteiger partial charge < -0.3 is 10.3 Å². The van der Waals surface area contributed by atoms with Crippen molar-refractivity contribution < 1.29 is 4.98 Å². The summed E-state index contributed by atoms with van der Waals surface area (Å²) in [5.74, 6) is 1.24. The molecule has 2 atom stereocenters. The van der Waals surface area contributed by atoms with E-state index in [9.17, 15) is 0 Å². The third-order valence-electron chi connectivity index (χ3n) is 4.90. The number of rotatable bonds is 3. The molecule has 24 heavy (non-hydrogen) atoms. The number of piperidine rings is 1. The van der Waals surface area contributed by atoms with Crippen molar-refractivity contribution in [1.29, 1.82) is 0 Å². The summed E-state index contributed by atoms with van der Waals surface area (Å²) < 4.78 is 0. The van der Waals surface area contributed by atoms with Crippen molar-refractivity contribution in [3.63, 3.8) is 0 Å². The van der Waals surface area contributed by atoms with Gasteiger partial charge in [-0.1, -0.05) is 29.6 Å². The van der Waals surface area contributed by atoms with Crippen LogP contribution in [-0.4, -0.2) is 29.1 Å². The predicted octanol–water partition coefficient (Wildman–Crippen LogP) is 3.23. The molecule has 5 nitrogen and oxygen atoms in total. The van der Waals surface area contributed by atoms with Gasteiger partial charge in [0, 0.05) is 24.0 Å². The van der Waals surface area contributed by atoms with Crippen LogP contribution in [0.3, 0.4) is 0 Å². The molecule has 2 aromatic rings. The minimum atomic E-state index is 0.401. The van der Waals surface area contributed by atoms with Crippen LogP contribution in [0.2, 0.25) is 5.02 Å². The van der Waals surface area contributed by atoms with E-state index in [1.807, 2.05) is 12.4 Å². The second-order valence-corrected chi connectivity index (χ2v) is 7.11. The lowest BCUT2D eigenvalue weighted by molar-refractivity contribution is -0.365. The maximum absolute atomic E-state index is 6.45. The first kappa shape index (κ1) is 15.7. The number of nitrogens with one attached hydrogen (secondary N) is 4. The van der Waals surface area contributed by atoms with E-state index in [0.29, 0.717) is 17.0 Å². The second kappa shape index (κ2) is 6.57. The third kappa shape index (κ3) is 2.94. The van der Waals surface area contributed by atoms with Crippen molar-refractivity contribution in [3.05, 3.63) is 34.7 Å². The zero-order valence-corrected chi connectivity index (χ0v) is 14.6. The largest absolute Gasteiger partial charge is 0.390 e.